The normalized spacial score (nSPS) is 15.8. The number of aryl methyl sites for hydroxylation is 2. The highest BCUT2D eigenvalue weighted by atomic mass is 16.5. The molecule has 0 radical (unpaired) electrons. The average molecular weight is 481 g/mol. The Labute approximate surface area is 208 Å². The van der Waals surface area contributed by atoms with Gasteiger partial charge in [0.1, 0.15) is 0 Å². The van der Waals surface area contributed by atoms with Crippen molar-refractivity contribution in [2.75, 3.05) is 13.2 Å². The maximum absolute atomic E-state index is 9.21. The Kier molecular flexibility index (Phi) is 5.73. The Morgan fingerprint density at radius 3 is 2.61 bits per heavy atom. The Balaban J connectivity index is 1.68. The fourth-order valence-electron chi connectivity index (χ4n) is 5.67. The van der Waals surface area contributed by atoms with Crippen molar-refractivity contribution in [1.82, 2.24) is 24.5 Å². The highest BCUT2D eigenvalue weighted by molar-refractivity contribution is 6.08. The van der Waals surface area contributed by atoms with Gasteiger partial charge in [-0.05, 0) is 55.0 Å². The number of nitrogens with zero attached hydrogens (tertiary/aromatic N) is 6. The van der Waals surface area contributed by atoms with E-state index in [0.717, 1.165) is 70.5 Å². The highest BCUT2D eigenvalue weighted by Gasteiger charge is 2.30. The van der Waals surface area contributed by atoms with Crippen LogP contribution in [0.5, 0.6) is 0 Å². The second-order valence-electron chi connectivity index (χ2n) is 9.44. The van der Waals surface area contributed by atoms with Gasteiger partial charge in [0.25, 0.3) is 0 Å². The summed E-state index contributed by atoms with van der Waals surface area (Å²) in [4.78, 5) is 4.97. The highest BCUT2D eigenvalue weighted by Crippen LogP contribution is 2.41. The summed E-state index contributed by atoms with van der Waals surface area (Å²) < 4.78 is 9.97. The van der Waals surface area contributed by atoms with Crippen molar-refractivity contribution < 1.29 is 9.94 Å². The molecule has 1 N–H and O–H groups in total. The van der Waals surface area contributed by atoms with Crippen LogP contribution in [-0.2, 0) is 11.8 Å². The minimum absolute atomic E-state index is 0.0965. The first kappa shape index (κ1) is 22.4. The van der Waals surface area contributed by atoms with E-state index in [0.29, 0.717) is 5.92 Å². The smallest absolute Gasteiger partial charge is 0.0960 e. The van der Waals surface area contributed by atoms with E-state index in [1.807, 2.05) is 26.2 Å². The molecule has 3 aromatic heterocycles. The lowest BCUT2D eigenvalue weighted by Crippen LogP contribution is -2.26. The molecule has 0 unspecified atom stereocenters. The summed E-state index contributed by atoms with van der Waals surface area (Å²) >= 11 is 0. The third-order valence-corrected chi connectivity index (χ3v) is 7.27. The molecule has 1 saturated heterocycles. The second kappa shape index (κ2) is 9.20. The molecular weight excluding hydrogens is 452 g/mol. The molecule has 182 valence electrons. The van der Waals surface area contributed by atoms with Crippen LogP contribution in [-0.4, -0.2) is 49.2 Å². The summed E-state index contributed by atoms with van der Waals surface area (Å²) in [7, 11) is 1.91. The summed E-state index contributed by atoms with van der Waals surface area (Å²) in [6.45, 7) is 3.49. The van der Waals surface area contributed by atoms with E-state index < -0.39 is 0 Å². The number of hydrogen-bond acceptors (Lipinski definition) is 6. The van der Waals surface area contributed by atoms with E-state index in [1.54, 1.807) is 4.68 Å². The topological polar surface area (TPSA) is 90.4 Å². The van der Waals surface area contributed by atoms with Crippen LogP contribution in [0.25, 0.3) is 33.2 Å². The zero-order chi connectivity index (χ0) is 24.6. The van der Waals surface area contributed by atoms with Crippen LogP contribution in [0.15, 0.2) is 65.9 Å². The molecular formula is C28H28N6O2. The molecule has 0 bridgehead atoms. The molecule has 1 aliphatic rings. The van der Waals surface area contributed by atoms with Gasteiger partial charge in [0, 0.05) is 37.4 Å². The van der Waals surface area contributed by atoms with E-state index >= 15 is 0 Å². The van der Waals surface area contributed by atoms with Crippen molar-refractivity contribution >= 4 is 28.2 Å². The molecule has 6 rings (SSSR count). The number of fused-ring (bicyclic) bond motifs is 3. The molecule has 0 saturated carbocycles. The molecule has 8 heteroatoms. The lowest BCUT2D eigenvalue weighted by Gasteiger charge is -2.33. The molecule has 2 aromatic carbocycles. The Morgan fingerprint density at radius 1 is 1.08 bits per heavy atom. The molecule has 1 atom stereocenters. The molecule has 1 fully saturated rings. The van der Waals surface area contributed by atoms with Crippen molar-refractivity contribution in [3.05, 3.63) is 77.6 Å². The van der Waals surface area contributed by atoms with E-state index in [1.165, 1.54) is 11.8 Å². The van der Waals surface area contributed by atoms with Crippen LogP contribution >= 0.6 is 0 Å². The van der Waals surface area contributed by atoms with Crippen molar-refractivity contribution in [3.8, 4) is 11.3 Å². The molecule has 36 heavy (non-hydrogen) atoms. The van der Waals surface area contributed by atoms with Gasteiger partial charge in [-0.2, -0.15) is 0 Å². The van der Waals surface area contributed by atoms with Crippen molar-refractivity contribution in [2.24, 2.45) is 18.1 Å². The Morgan fingerprint density at radius 2 is 1.89 bits per heavy atom. The van der Waals surface area contributed by atoms with E-state index in [9.17, 15) is 5.21 Å². The Bertz CT molecular complexity index is 1540. The van der Waals surface area contributed by atoms with Crippen molar-refractivity contribution in [1.29, 1.82) is 0 Å². The zero-order valence-corrected chi connectivity index (χ0v) is 20.4. The zero-order valence-electron chi connectivity index (χ0n) is 20.4. The summed E-state index contributed by atoms with van der Waals surface area (Å²) in [6, 6.07) is 19.1. The maximum Gasteiger partial charge on any atom is 0.0960 e. The third kappa shape index (κ3) is 3.74. The fourth-order valence-corrected chi connectivity index (χ4v) is 5.67. The monoisotopic (exact) mass is 480 g/mol. The van der Waals surface area contributed by atoms with Crippen molar-refractivity contribution in [3.63, 3.8) is 0 Å². The van der Waals surface area contributed by atoms with Gasteiger partial charge in [0.15, 0.2) is 0 Å². The first-order chi connectivity index (χ1) is 17.7. The van der Waals surface area contributed by atoms with Gasteiger partial charge in [0.05, 0.1) is 40.2 Å². The lowest BCUT2D eigenvalue weighted by atomic mass is 9.86. The SMILES string of the molecule is Cc1nnn(C)c1-c1cnc2c3ccc(C=NO)cc3n([C@H](c3ccccc3)C3CCOCC3)c2c1. The first-order valence-electron chi connectivity index (χ1n) is 12.3. The van der Waals surface area contributed by atoms with E-state index in [-0.39, 0.29) is 6.04 Å². The van der Waals surface area contributed by atoms with Gasteiger partial charge in [-0.3, -0.25) is 4.98 Å². The molecule has 0 amide bonds. The van der Waals surface area contributed by atoms with Crippen molar-refractivity contribution in [2.45, 2.75) is 25.8 Å². The second-order valence-corrected chi connectivity index (χ2v) is 9.44. The van der Waals surface area contributed by atoms with Crippen LogP contribution in [0.3, 0.4) is 0 Å². The van der Waals surface area contributed by atoms with Crippen LogP contribution in [0.2, 0.25) is 0 Å². The lowest BCUT2D eigenvalue weighted by molar-refractivity contribution is 0.0553. The predicted octanol–water partition coefficient (Wildman–Crippen LogP) is 5.12. The van der Waals surface area contributed by atoms with Crippen LogP contribution in [0.4, 0.5) is 0 Å². The standard InChI is InChI=1S/C28H28N6O2/c1-18-27(33(2)32-31-18)22-15-25-26(29-17-22)23-9-8-19(16-30-35)14-24(23)34(25)28(20-6-4-3-5-7-20)21-10-12-36-13-11-21/h3-9,14-17,21,28,35H,10-13H2,1-2H3/t28-/m1/s1. The van der Waals surface area contributed by atoms with E-state index in [2.05, 4.69) is 68.6 Å². The average Bonchev–Trinajstić information content (AvgIpc) is 3.41. The van der Waals surface area contributed by atoms with Crippen LogP contribution in [0, 0.1) is 12.8 Å². The first-order valence-corrected chi connectivity index (χ1v) is 12.3. The van der Waals surface area contributed by atoms with Gasteiger partial charge in [-0.15, -0.1) is 5.10 Å². The van der Waals surface area contributed by atoms with Gasteiger partial charge in [-0.1, -0.05) is 46.8 Å². The van der Waals surface area contributed by atoms with Crippen LogP contribution < -0.4 is 0 Å². The molecule has 4 heterocycles. The Hall–Kier alpha value is -4.04. The number of rotatable bonds is 5. The fraction of sp³-hybridized carbons (Fsp3) is 0.286. The number of pyridine rings is 1. The molecule has 1 aliphatic heterocycles. The van der Waals surface area contributed by atoms with Gasteiger partial charge < -0.3 is 14.5 Å². The van der Waals surface area contributed by atoms with E-state index in [4.69, 9.17) is 9.72 Å². The summed E-state index contributed by atoms with van der Waals surface area (Å²) in [5.41, 5.74) is 7.96. The number of aromatic nitrogens is 5. The third-order valence-electron chi connectivity index (χ3n) is 7.27. The number of oxime groups is 1. The predicted molar refractivity (Wildman–Crippen MR) is 139 cm³/mol. The van der Waals surface area contributed by atoms with Crippen LogP contribution in [0.1, 0.15) is 35.7 Å². The minimum Gasteiger partial charge on any atom is -0.411 e. The molecule has 8 nitrogen and oxygen atoms in total. The minimum atomic E-state index is 0.0965. The number of benzene rings is 2. The number of ether oxygens (including phenoxy) is 1. The summed E-state index contributed by atoms with van der Waals surface area (Å²) in [5, 5.41) is 22.0. The largest absolute Gasteiger partial charge is 0.411 e. The molecule has 5 aromatic rings. The van der Waals surface area contributed by atoms with Gasteiger partial charge in [0.2, 0.25) is 0 Å². The summed E-state index contributed by atoms with van der Waals surface area (Å²) in [6.07, 6.45) is 5.34. The maximum atomic E-state index is 9.21. The molecule has 0 aliphatic carbocycles. The quantitative estimate of drug-likeness (QED) is 0.214. The summed E-state index contributed by atoms with van der Waals surface area (Å²) in [5.74, 6) is 0.402. The van der Waals surface area contributed by atoms with Gasteiger partial charge >= 0.3 is 0 Å². The number of hydrogen-bond donors (Lipinski definition) is 1. The van der Waals surface area contributed by atoms with Gasteiger partial charge in [-0.25, -0.2) is 4.68 Å². The molecule has 0 spiro atoms.